The number of phenolic OH excluding ortho intramolecular Hbond substituents is 1. The van der Waals surface area contributed by atoms with Crippen LogP contribution in [0.1, 0.15) is 5.56 Å². The van der Waals surface area contributed by atoms with Crippen LogP contribution in [0.2, 0.25) is 5.02 Å². The van der Waals surface area contributed by atoms with E-state index in [2.05, 4.69) is 43.8 Å². The van der Waals surface area contributed by atoms with Crippen LogP contribution in [0.25, 0.3) is 0 Å². The van der Waals surface area contributed by atoms with E-state index in [9.17, 15) is 5.11 Å². The molecule has 0 bridgehead atoms. The zero-order chi connectivity index (χ0) is 13.1. The lowest BCUT2D eigenvalue weighted by Crippen LogP contribution is -2.01. The molecule has 0 atom stereocenters. The van der Waals surface area contributed by atoms with Gasteiger partial charge in [-0.25, -0.2) is 0 Å². The molecule has 0 aliphatic heterocycles. The fourth-order valence-electron chi connectivity index (χ4n) is 1.52. The van der Waals surface area contributed by atoms with Crippen molar-refractivity contribution in [2.45, 2.75) is 6.54 Å². The Bertz CT molecular complexity index is 577. The minimum absolute atomic E-state index is 0.287. The molecule has 0 spiro atoms. The van der Waals surface area contributed by atoms with Gasteiger partial charge in [0.2, 0.25) is 0 Å². The third-order valence-corrected chi connectivity index (χ3v) is 4.06. The SMILES string of the molecule is Oc1ccc(Br)cc1CNc1ccc(Cl)cc1I. The predicted octanol–water partition coefficient (Wildman–Crippen LogP) is 5.02. The van der Waals surface area contributed by atoms with Crippen LogP contribution in [-0.2, 0) is 6.54 Å². The predicted molar refractivity (Wildman–Crippen MR) is 87.3 cm³/mol. The molecule has 0 aromatic heterocycles. The summed E-state index contributed by atoms with van der Waals surface area (Å²) in [6, 6.07) is 11.0. The average Bonchev–Trinajstić information content (AvgIpc) is 2.32. The van der Waals surface area contributed by atoms with Gasteiger partial charge >= 0.3 is 0 Å². The Labute approximate surface area is 133 Å². The summed E-state index contributed by atoms with van der Waals surface area (Å²) < 4.78 is 2.00. The lowest BCUT2D eigenvalue weighted by molar-refractivity contribution is 0.469. The van der Waals surface area contributed by atoms with E-state index >= 15 is 0 Å². The van der Waals surface area contributed by atoms with Gasteiger partial charge < -0.3 is 10.4 Å². The van der Waals surface area contributed by atoms with Gasteiger partial charge in [0.1, 0.15) is 5.75 Å². The van der Waals surface area contributed by atoms with E-state index in [0.717, 1.165) is 24.3 Å². The topological polar surface area (TPSA) is 32.3 Å². The molecule has 18 heavy (non-hydrogen) atoms. The number of aromatic hydroxyl groups is 1. The number of benzene rings is 2. The number of rotatable bonds is 3. The van der Waals surface area contributed by atoms with E-state index in [1.807, 2.05) is 30.3 Å². The Kier molecular flexibility index (Phi) is 4.75. The van der Waals surface area contributed by atoms with Crippen molar-refractivity contribution in [3.05, 3.63) is 55.0 Å². The number of anilines is 1. The van der Waals surface area contributed by atoms with Gasteiger partial charge in [-0.1, -0.05) is 27.5 Å². The molecule has 0 heterocycles. The molecular weight excluding hydrogens is 428 g/mol. The highest BCUT2D eigenvalue weighted by Crippen LogP contribution is 2.25. The summed E-state index contributed by atoms with van der Waals surface area (Å²) >= 11 is 11.5. The summed E-state index contributed by atoms with van der Waals surface area (Å²) in [6.07, 6.45) is 0. The maximum absolute atomic E-state index is 9.74. The minimum atomic E-state index is 0.287. The van der Waals surface area contributed by atoms with Crippen LogP contribution in [-0.4, -0.2) is 5.11 Å². The second-order valence-corrected chi connectivity index (χ2v) is 6.27. The molecule has 2 nitrogen and oxygen atoms in total. The molecule has 0 unspecified atom stereocenters. The number of halogens is 3. The van der Waals surface area contributed by atoms with Crippen molar-refractivity contribution in [1.29, 1.82) is 0 Å². The second kappa shape index (κ2) is 6.12. The Morgan fingerprint density at radius 2 is 2.00 bits per heavy atom. The molecule has 2 aromatic carbocycles. The monoisotopic (exact) mass is 437 g/mol. The molecule has 2 aromatic rings. The standard InChI is InChI=1S/C13H10BrClINO/c14-9-1-4-13(18)8(5-9)7-17-12-3-2-10(15)6-11(12)16/h1-6,17-18H,7H2. The Hall–Kier alpha value is -0.460. The van der Waals surface area contributed by atoms with Gasteiger partial charge in [-0.15, -0.1) is 0 Å². The van der Waals surface area contributed by atoms with Crippen molar-refractivity contribution in [2.24, 2.45) is 0 Å². The first-order valence-electron chi connectivity index (χ1n) is 5.22. The molecule has 2 N–H and O–H groups in total. The molecule has 0 saturated heterocycles. The third-order valence-electron chi connectivity index (χ3n) is 2.44. The van der Waals surface area contributed by atoms with Crippen LogP contribution in [0.4, 0.5) is 5.69 Å². The minimum Gasteiger partial charge on any atom is -0.508 e. The molecule has 0 amide bonds. The van der Waals surface area contributed by atoms with E-state index in [1.54, 1.807) is 6.07 Å². The Balaban J connectivity index is 2.13. The summed E-state index contributed by atoms with van der Waals surface area (Å²) in [6.45, 7) is 0.558. The second-order valence-electron chi connectivity index (χ2n) is 3.75. The van der Waals surface area contributed by atoms with Crippen molar-refractivity contribution in [3.8, 4) is 5.75 Å². The first-order chi connectivity index (χ1) is 8.56. The first kappa shape index (κ1) is 14.0. The maximum atomic E-state index is 9.74. The molecule has 0 radical (unpaired) electrons. The van der Waals surface area contributed by atoms with Crippen LogP contribution in [0.3, 0.4) is 0 Å². The van der Waals surface area contributed by atoms with Crippen molar-refractivity contribution >= 4 is 55.8 Å². The smallest absolute Gasteiger partial charge is 0.120 e. The molecule has 0 aliphatic carbocycles. The van der Waals surface area contributed by atoms with Crippen LogP contribution in [0.15, 0.2) is 40.9 Å². The number of phenols is 1. The van der Waals surface area contributed by atoms with Crippen molar-refractivity contribution in [2.75, 3.05) is 5.32 Å². The molecule has 0 aliphatic rings. The highest BCUT2D eigenvalue weighted by Gasteiger charge is 2.04. The largest absolute Gasteiger partial charge is 0.508 e. The molecule has 0 saturated carbocycles. The third kappa shape index (κ3) is 3.52. The fourth-order valence-corrected chi connectivity index (χ4v) is 2.99. The van der Waals surface area contributed by atoms with Gasteiger partial charge in [-0.05, 0) is 59.0 Å². The number of hydrogen-bond acceptors (Lipinski definition) is 2. The molecule has 5 heteroatoms. The Morgan fingerprint density at radius 3 is 2.72 bits per heavy atom. The van der Waals surface area contributed by atoms with Crippen LogP contribution >= 0.6 is 50.1 Å². The van der Waals surface area contributed by atoms with E-state index in [-0.39, 0.29) is 5.75 Å². The summed E-state index contributed by atoms with van der Waals surface area (Å²) in [5, 5.41) is 13.7. The molecule has 0 fully saturated rings. The summed E-state index contributed by atoms with van der Waals surface area (Å²) in [4.78, 5) is 0. The normalized spacial score (nSPS) is 10.4. The first-order valence-corrected chi connectivity index (χ1v) is 7.47. The van der Waals surface area contributed by atoms with E-state index in [1.165, 1.54) is 0 Å². The highest BCUT2D eigenvalue weighted by atomic mass is 127. The van der Waals surface area contributed by atoms with Gasteiger partial charge in [0.25, 0.3) is 0 Å². The molecular formula is C13H10BrClINO. The lowest BCUT2D eigenvalue weighted by Gasteiger charge is -2.10. The van der Waals surface area contributed by atoms with Crippen LogP contribution in [0, 0.1) is 3.57 Å². The summed E-state index contributed by atoms with van der Waals surface area (Å²) in [7, 11) is 0. The van der Waals surface area contributed by atoms with E-state index in [0.29, 0.717) is 6.54 Å². The summed E-state index contributed by atoms with van der Waals surface area (Å²) in [5.41, 5.74) is 1.84. The number of nitrogens with one attached hydrogen (secondary N) is 1. The van der Waals surface area contributed by atoms with Crippen LogP contribution in [0.5, 0.6) is 5.75 Å². The quantitative estimate of drug-likeness (QED) is 0.660. The average molecular weight is 438 g/mol. The lowest BCUT2D eigenvalue weighted by atomic mass is 10.2. The van der Waals surface area contributed by atoms with Gasteiger partial charge in [0.15, 0.2) is 0 Å². The van der Waals surface area contributed by atoms with E-state index in [4.69, 9.17) is 11.6 Å². The fraction of sp³-hybridized carbons (Fsp3) is 0.0769. The zero-order valence-corrected chi connectivity index (χ0v) is 13.8. The van der Waals surface area contributed by atoms with Gasteiger partial charge in [0.05, 0.1) is 0 Å². The van der Waals surface area contributed by atoms with Gasteiger partial charge in [-0.3, -0.25) is 0 Å². The van der Waals surface area contributed by atoms with E-state index < -0.39 is 0 Å². The molecule has 2 rings (SSSR count). The number of hydrogen-bond donors (Lipinski definition) is 2. The van der Waals surface area contributed by atoms with Crippen molar-refractivity contribution in [3.63, 3.8) is 0 Å². The van der Waals surface area contributed by atoms with Crippen molar-refractivity contribution < 1.29 is 5.11 Å². The van der Waals surface area contributed by atoms with Gasteiger partial charge in [0, 0.05) is 30.9 Å². The zero-order valence-electron chi connectivity index (χ0n) is 9.25. The summed E-state index contributed by atoms with van der Waals surface area (Å²) in [5.74, 6) is 0.287. The maximum Gasteiger partial charge on any atom is 0.120 e. The van der Waals surface area contributed by atoms with Crippen molar-refractivity contribution in [1.82, 2.24) is 0 Å². The molecule has 94 valence electrons. The van der Waals surface area contributed by atoms with Gasteiger partial charge in [-0.2, -0.15) is 0 Å². The van der Waals surface area contributed by atoms with Crippen LogP contribution < -0.4 is 5.32 Å². The highest BCUT2D eigenvalue weighted by molar-refractivity contribution is 14.1. The Morgan fingerprint density at radius 1 is 1.22 bits per heavy atom.